The minimum Gasteiger partial charge on any atom is -0.497 e. The molecule has 0 spiro atoms. The van der Waals surface area contributed by atoms with Crippen molar-refractivity contribution in [1.29, 1.82) is 0 Å². The van der Waals surface area contributed by atoms with Crippen LogP contribution >= 0.6 is 11.6 Å². The van der Waals surface area contributed by atoms with Crippen LogP contribution in [0, 0.1) is 0 Å². The fourth-order valence-corrected chi connectivity index (χ4v) is 2.76. The molecule has 2 atom stereocenters. The van der Waals surface area contributed by atoms with E-state index in [0.29, 0.717) is 11.3 Å². The van der Waals surface area contributed by atoms with Gasteiger partial charge in [-0.15, -0.1) is 11.6 Å². The lowest BCUT2D eigenvalue weighted by Gasteiger charge is -2.27. The Labute approximate surface area is 96.4 Å². The molecule has 0 heterocycles. The van der Waals surface area contributed by atoms with E-state index in [2.05, 4.69) is 12.1 Å². The van der Waals surface area contributed by atoms with Crippen LogP contribution in [0.1, 0.15) is 37.2 Å². The number of benzene rings is 1. The normalized spacial score (nSPS) is 26.3. The number of methoxy groups -OCH3 is 1. The van der Waals surface area contributed by atoms with Gasteiger partial charge in [-0.1, -0.05) is 25.0 Å². The van der Waals surface area contributed by atoms with E-state index in [0.717, 1.165) is 12.2 Å². The molecule has 0 amide bonds. The van der Waals surface area contributed by atoms with Crippen LogP contribution in [-0.4, -0.2) is 12.5 Å². The van der Waals surface area contributed by atoms with Gasteiger partial charge in [0.2, 0.25) is 0 Å². The second-order valence-corrected chi connectivity index (χ2v) is 4.74. The molecule has 15 heavy (non-hydrogen) atoms. The van der Waals surface area contributed by atoms with Crippen LogP contribution in [0.4, 0.5) is 0 Å². The molecule has 0 radical (unpaired) electrons. The average Bonchev–Trinajstić information content (AvgIpc) is 2.30. The van der Waals surface area contributed by atoms with Crippen molar-refractivity contribution in [3.05, 3.63) is 29.8 Å². The molecule has 1 aliphatic rings. The lowest BCUT2D eigenvalue weighted by Crippen LogP contribution is -2.17. The molecule has 0 unspecified atom stereocenters. The maximum atomic E-state index is 6.37. The Hall–Kier alpha value is -0.690. The van der Waals surface area contributed by atoms with Gasteiger partial charge in [-0.2, -0.15) is 0 Å². The molecule has 0 saturated heterocycles. The molecule has 0 bridgehead atoms. The average molecular weight is 225 g/mol. The minimum absolute atomic E-state index is 0.297. The van der Waals surface area contributed by atoms with E-state index in [4.69, 9.17) is 16.3 Å². The van der Waals surface area contributed by atoms with E-state index in [9.17, 15) is 0 Å². The third-order valence-electron chi connectivity index (χ3n) is 3.20. The number of hydrogen-bond acceptors (Lipinski definition) is 1. The highest BCUT2D eigenvalue weighted by molar-refractivity contribution is 6.21. The quantitative estimate of drug-likeness (QED) is 0.691. The van der Waals surface area contributed by atoms with Crippen molar-refractivity contribution in [3.63, 3.8) is 0 Å². The molecule has 1 fully saturated rings. The Balaban J connectivity index is 2.19. The first kappa shape index (κ1) is 10.8. The maximum Gasteiger partial charge on any atom is 0.119 e. The van der Waals surface area contributed by atoms with Crippen molar-refractivity contribution in [1.82, 2.24) is 0 Å². The molecule has 0 N–H and O–H groups in total. The zero-order valence-electron chi connectivity index (χ0n) is 9.08. The van der Waals surface area contributed by atoms with E-state index >= 15 is 0 Å². The third-order valence-corrected chi connectivity index (χ3v) is 3.73. The van der Waals surface area contributed by atoms with Crippen LogP contribution in [0.3, 0.4) is 0 Å². The molecule has 1 aromatic rings. The van der Waals surface area contributed by atoms with Crippen LogP contribution in [0.15, 0.2) is 24.3 Å². The molecule has 0 aliphatic heterocycles. The summed E-state index contributed by atoms with van der Waals surface area (Å²) in [5.41, 5.74) is 1.33. The minimum atomic E-state index is 0.297. The second-order valence-electron chi connectivity index (χ2n) is 4.18. The van der Waals surface area contributed by atoms with Crippen molar-refractivity contribution in [3.8, 4) is 5.75 Å². The largest absolute Gasteiger partial charge is 0.497 e. The van der Waals surface area contributed by atoms with Crippen molar-refractivity contribution >= 4 is 11.6 Å². The van der Waals surface area contributed by atoms with Gasteiger partial charge < -0.3 is 4.74 Å². The number of halogens is 1. The molecule has 1 aliphatic carbocycles. The van der Waals surface area contributed by atoms with Gasteiger partial charge in [0.1, 0.15) is 5.75 Å². The summed E-state index contributed by atoms with van der Waals surface area (Å²) < 4.78 is 5.24. The highest BCUT2D eigenvalue weighted by atomic mass is 35.5. The number of rotatable bonds is 2. The van der Waals surface area contributed by atoms with Crippen molar-refractivity contribution in [2.45, 2.75) is 37.0 Å². The van der Waals surface area contributed by atoms with Crippen LogP contribution in [0.5, 0.6) is 5.75 Å². The molecular formula is C13H17ClO. The molecule has 82 valence electrons. The van der Waals surface area contributed by atoms with Gasteiger partial charge in [0.05, 0.1) is 7.11 Å². The summed E-state index contributed by atoms with van der Waals surface area (Å²) in [5, 5.41) is 0.297. The van der Waals surface area contributed by atoms with Crippen LogP contribution in [0.2, 0.25) is 0 Å². The molecule has 1 aromatic carbocycles. The summed E-state index contributed by atoms with van der Waals surface area (Å²) >= 11 is 6.37. The Kier molecular flexibility index (Phi) is 3.53. The predicted molar refractivity (Wildman–Crippen MR) is 63.8 cm³/mol. The van der Waals surface area contributed by atoms with Gasteiger partial charge in [0, 0.05) is 11.3 Å². The lowest BCUT2D eigenvalue weighted by atomic mass is 9.83. The zero-order valence-corrected chi connectivity index (χ0v) is 9.83. The van der Waals surface area contributed by atoms with E-state index in [1.54, 1.807) is 7.11 Å². The Morgan fingerprint density at radius 3 is 2.80 bits per heavy atom. The zero-order chi connectivity index (χ0) is 10.7. The van der Waals surface area contributed by atoms with Gasteiger partial charge in [0.25, 0.3) is 0 Å². The standard InChI is InChI=1S/C13H17ClO/c1-15-11-6-4-5-10(9-11)12-7-2-3-8-13(12)14/h4-6,9,12-13H,2-3,7-8H2,1H3/t12-,13-/m0/s1. The van der Waals surface area contributed by atoms with Crippen molar-refractivity contribution < 1.29 is 4.74 Å². The smallest absolute Gasteiger partial charge is 0.119 e. The predicted octanol–water partition coefficient (Wildman–Crippen LogP) is 3.96. The number of alkyl halides is 1. The lowest BCUT2D eigenvalue weighted by molar-refractivity contribution is 0.410. The van der Waals surface area contributed by atoms with E-state index < -0.39 is 0 Å². The monoisotopic (exact) mass is 224 g/mol. The first-order valence-corrected chi connectivity index (χ1v) is 6.03. The highest BCUT2D eigenvalue weighted by Crippen LogP contribution is 2.37. The fourth-order valence-electron chi connectivity index (χ4n) is 2.33. The molecular weight excluding hydrogens is 208 g/mol. The Morgan fingerprint density at radius 1 is 1.27 bits per heavy atom. The highest BCUT2D eigenvalue weighted by Gasteiger charge is 2.24. The second kappa shape index (κ2) is 4.89. The number of hydrogen-bond donors (Lipinski definition) is 0. The Bertz CT molecular complexity index is 324. The summed E-state index contributed by atoms with van der Waals surface area (Å²) in [5.74, 6) is 1.44. The van der Waals surface area contributed by atoms with Crippen molar-refractivity contribution in [2.75, 3.05) is 7.11 Å². The van der Waals surface area contributed by atoms with E-state index in [-0.39, 0.29) is 0 Å². The molecule has 2 heteroatoms. The Morgan fingerprint density at radius 2 is 2.07 bits per heavy atom. The van der Waals surface area contributed by atoms with Crippen LogP contribution < -0.4 is 4.74 Å². The van der Waals surface area contributed by atoms with E-state index in [1.807, 2.05) is 12.1 Å². The summed E-state index contributed by atoms with van der Waals surface area (Å²) in [6.45, 7) is 0. The molecule has 0 aromatic heterocycles. The first-order chi connectivity index (χ1) is 7.31. The first-order valence-electron chi connectivity index (χ1n) is 5.59. The summed E-state index contributed by atoms with van der Waals surface area (Å²) in [6, 6.07) is 8.31. The summed E-state index contributed by atoms with van der Waals surface area (Å²) in [6.07, 6.45) is 4.92. The van der Waals surface area contributed by atoms with E-state index in [1.165, 1.54) is 24.8 Å². The van der Waals surface area contributed by atoms with Gasteiger partial charge in [-0.05, 0) is 30.5 Å². The summed E-state index contributed by atoms with van der Waals surface area (Å²) in [4.78, 5) is 0. The van der Waals surface area contributed by atoms with Gasteiger partial charge in [0.15, 0.2) is 0 Å². The van der Waals surface area contributed by atoms with Crippen molar-refractivity contribution in [2.24, 2.45) is 0 Å². The van der Waals surface area contributed by atoms with Crippen LogP contribution in [-0.2, 0) is 0 Å². The SMILES string of the molecule is COc1cccc([C@@H]2CCCC[C@@H]2Cl)c1. The molecule has 2 rings (SSSR count). The topological polar surface area (TPSA) is 9.23 Å². The van der Waals surface area contributed by atoms with Crippen LogP contribution in [0.25, 0.3) is 0 Å². The molecule has 1 saturated carbocycles. The van der Waals surface area contributed by atoms with Gasteiger partial charge in [-0.25, -0.2) is 0 Å². The summed E-state index contributed by atoms with van der Waals surface area (Å²) in [7, 11) is 1.71. The number of ether oxygens (including phenoxy) is 1. The van der Waals surface area contributed by atoms with Gasteiger partial charge >= 0.3 is 0 Å². The van der Waals surface area contributed by atoms with Gasteiger partial charge in [-0.3, -0.25) is 0 Å². The third kappa shape index (κ3) is 2.46. The fraction of sp³-hybridized carbons (Fsp3) is 0.538. The maximum absolute atomic E-state index is 6.37. The molecule has 1 nitrogen and oxygen atoms in total.